The zero-order chi connectivity index (χ0) is 13.1. The van der Waals surface area contributed by atoms with Gasteiger partial charge >= 0.3 is 0 Å². The normalized spacial score (nSPS) is 21.9. The van der Waals surface area contributed by atoms with Crippen molar-refractivity contribution in [1.29, 1.82) is 0 Å². The van der Waals surface area contributed by atoms with Crippen LogP contribution < -0.4 is 4.90 Å². The second-order valence-electron chi connectivity index (χ2n) is 5.17. The van der Waals surface area contributed by atoms with Gasteiger partial charge in [0.05, 0.1) is 6.10 Å². The van der Waals surface area contributed by atoms with E-state index in [1.165, 1.54) is 19.3 Å². The van der Waals surface area contributed by atoms with Crippen molar-refractivity contribution >= 4 is 5.69 Å². The lowest BCUT2D eigenvalue weighted by molar-refractivity contribution is 0.195. The van der Waals surface area contributed by atoms with Crippen LogP contribution in [0.5, 0.6) is 5.75 Å². The summed E-state index contributed by atoms with van der Waals surface area (Å²) in [6.45, 7) is 4.95. The SMILES string of the molecule is CCC1CCCCN1c1ccc(C(C)O)c(O)c1. The summed E-state index contributed by atoms with van der Waals surface area (Å²) in [4.78, 5) is 2.38. The fourth-order valence-corrected chi connectivity index (χ4v) is 2.83. The zero-order valence-electron chi connectivity index (χ0n) is 11.3. The molecule has 0 saturated carbocycles. The molecule has 1 aromatic carbocycles. The standard InChI is InChI=1S/C15H23NO2/c1-3-12-6-4-5-9-16(12)13-7-8-14(11(2)17)15(18)10-13/h7-8,10-12,17-18H,3-6,9H2,1-2H3. The van der Waals surface area contributed by atoms with Crippen LogP contribution in [-0.2, 0) is 0 Å². The maximum Gasteiger partial charge on any atom is 0.123 e. The van der Waals surface area contributed by atoms with Crippen LogP contribution in [0.4, 0.5) is 5.69 Å². The Bertz CT molecular complexity index is 403. The number of anilines is 1. The van der Waals surface area contributed by atoms with E-state index in [0.29, 0.717) is 11.6 Å². The van der Waals surface area contributed by atoms with E-state index in [4.69, 9.17) is 0 Å². The van der Waals surface area contributed by atoms with Crippen LogP contribution in [0.2, 0.25) is 0 Å². The fraction of sp³-hybridized carbons (Fsp3) is 0.600. The van der Waals surface area contributed by atoms with Gasteiger partial charge in [-0.2, -0.15) is 0 Å². The van der Waals surface area contributed by atoms with Gasteiger partial charge in [0.1, 0.15) is 5.75 Å². The molecule has 1 heterocycles. The Morgan fingerprint density at radius 2 is 2.17 bits per heavy atom. The lowest BCUT2D eigenvalue weighted by Crippen LogP contribution is -2.39. The molecule has 1 aromatic rings. The summed E-state index contributed by atoms with van der Waals surface area (Å²) >= 11 is 0. The topological polar surface area (TPSA) is 43.7 Å². The van der Waals surface area contributed by atoms with E-state index in [-0.39, 0.29) is 5.75 Å². The Morgan fingerprint density at radius 1 is 1.39 bits per heavy atom. The smallest absolute Gasteiger partial charge is 0.123 e. The lowest BCUT2D eigenvalue weighted by atomic mass is 9.98. The van der Waals surface area contributed by atoms with Gasteiger partial charge in [0.25, 0.3) is 0 Å². The van der Waals surface area contributed by atoms with Crippen LogP contribution >= 0.6 is 0 Å². The van der Waals surface area contributed by atoms with Gasteiger partial charge < -0.3 is 15.1 Å². The zero-order valence-corrected chi connectivity index (χ0v) is 11.3. The number of aliphatic hydroxyl groups excluding tert-OH is 1. The van der Waals surface area contributed by atoms with Gasteiger partial charge in [-0.15, -0.1) is 0 Å². The van der Waals surface area contributed by atoms with Gasteiger partial charge in [-0.3, -0.25) is 0 Å². The highest BCUT2D eigenvalue weighted by Gasteiger charge is 2.21. The Hall–Kier alpha value is -1.22. The molecule has 2 N–H and O–H groups in total. The summed E-state index contributed by atoms with van der Waals surface area (Å²) in [7, 11) is 0. The maximum absolute atomic E-state index is 9.96. The maximum atomic E-state index is 9.96. The number of phenolic OH excluding ortho intramolecular Hbond substituents is 1. The summed E-state index contributed by atoms with van der Waals surface area (Å²) in [5.41, 5.74) is 1.67. The van der Waals surface area contributed by atoms with E-state index >= 15 is 0 Å². The number of aliphatic hydroxyl groups is 1. The minimum atomic E-state index is -0.623. The highest BCUT2D eigenvalue weighted by Crippen LogP contribution is 2.32. The molecule has 3 nitrogen and oxygen atoms in total. The van der Waals surface area contributed by atoms with Crippen molar-refractivity contribution in [1.82, 2.24) is 0 Å². The molecule has 2 rings (SSSR count). The van der Waals surface area contributed by atoms with E-state index in [0.717, 1.165) is 18.7 Å². The average molecular weight is 249 g/mol. The highest BCUT2D eigenvalue weighted by molar-refractivity contribution is 5.54. The van der Waals surface area contributed by atoms with Crippen molar-refractivity contribution in [3.63, 3.8) is 0 Å². The van der Waals surface area contributed by atoms with E-state index in [9.17, 15) is 10.2 Å². The van der Waals surface area contributed by atoms with E-state index in [1.807, 2.05) is 12.1 Å². The third kappa shape index (κ3) is 2.61. The number of phenols is 1. The number of benzene rings is 1. The molecule has 3 heteroatoms. The molecule has 1 saturated heterocycles. The number of hydrogen-bond donors (Lipinski definition) is 2. The predicted molar refractivity (Wildman–Crippen MR) is 74.0 cm³/mol. The molecule has 1 aliphatic rings. The van der Waals surface area contributed by atoms with E-state index in [1.54, 1.807) is 13.0 Å². The Kier molecular flexibility index (Phi) is 4.12. The molecular weight excluding hydrogens is 226 g/mol. The van der Waals surface area contributed by atoms with Gasteiger partial charge in [0, 0.05) is 29.9 Å². The van der Waals surface area contributed by atoms with Crippen molar-refractivity contribution in [3.8, 4) is 5.75 Å². The first-order chi connectivity index (χ1) is 8.63. The third-order valence-electron chi connectivity index (χ3n) is 3.89. The Balaban J connectivity index is 2.24. The summed E-state index contributed by atoms with van der Waals surface area (Å²) in [5, 5.41) is 19.5. The van der Waals surface area contributed by atoms with Gasteiger partial charge in [-0.25, -0.2) is 0 Å². The molecule has 0 amide bonds. The van der Waals surface area contributed by atoms with Gasteiger partial charge in [-0.05, 0) is 38.7 Å². The van der Waals surface area contributed by atoms with Crippen molar-refractivity contribution < 1.29 is 10.2 Å². The molecule has 0 bridgehead atoms. The van der Waals surface area contributed by atoms with Crippen molar-refractivity contribution in [2.75, 3.05) is 11.4 Å². The quantitative estimate of drug-likeness (QED) is 0.864. The molecule has 0 radical (unpaired) electrons. The first kappa shape index (κ1) is 13.2. The first-order valence-electron chi connectivity index (χ1n) is 6.91. The third-order valence-corrected chi connectivity index (χ3v) is 3.89. The average Bonchev–Trinajstić information content (AvgIpc) is 2.38. The number of rotatable bonds is 3. The summed E-state index contributed by atoms with van der Waals surface area (Å²) in [6, 6.07) is 6.21. The van der Waals surface area contributed by atoms with Crippen molar-refractivity contribution in [3.05, 3.63) is 23.8 Å². The van der Waals surface area contributed by atoms with Crippen molar-refractivity contribution in [2.45, 2.75) is 51.7 Å². The monoisotopic (exact) mass is 249 g/mol. The molecule has 0 aliphatic carbocycles. The molecule has 0 spiro atoms. The molecule has 100 valence electrons. The summed E-state index contributed by atoms with van der Waals surface area (Å²) in [5.74, 6) is 0.197. The summed E-state index contributed by atoms with van der Waals surface area (Å²) in [6.07, 6.45) is 4.26. The largest absolute Gasteiger partial charge is 0.507 e. The second kappa shape index (κ2) is 5.61. The van der Waals surface area contributed by atoms with Gasteiger partial charge in [0.15, 0.2) is 0 Å². The summed E-state index contributed by atoms with van der Waals surface area (Å²) < 4.78 is 0. The molecular formula is C15H23NO2. The van der Waals surface area contributed by atoms with Crippen LogP contribution in [0.1, 0.15) is 51.2 Å². The minimum Gasteiger partial charge on any atom is -0.507 e. The Morgan fingerprint density at radius 3 is 2.78 bits per heavy atom. The second-order valence-corrected chi connectivity index (χ2v) is 5.17. The van der Waals surface area contributed by atoms with Crippen LogP contribution in [-0.4, -0.2) is 22.8 Å². The van der Waals surface area contributed by atoms with Crippen LogP contribution in [0.3, 0.4) is 0 Å². The first-order valence-corrected chi connectivity index (χ1v) is 6.91. The molecule has 18 heavy (non-hydrogen) atoms. The van der Waals surface area contributed by atoms with Crippen molar-refractivity contribution in [2.24, 2.45) is 0 Å². The lowest BCUT2D eigenvalue weighted by Gasteiger charge is -2.37. The van der Waals surface area contributed by atoms with Crippen LogP contribution in [0, 0.1) is 0 Å². The van der Waals surface area contributed by atoms with Crippen LogP contribution in [0.25, 0.3) is 0 Å². The van der Waals surface area contributed by atoms with Gasteiger partial charge in [0.2, 0.25) is 0 Å². The number of piperidine rings is 1. The Labute approximate surface area is 109 Å². The fourth-order valence-electron chi connectivity index (χ4n) is 2.83. The number of hydrogen-bond acceptors (Lipinski definition) is 3. The minimum absolute atomic E-state index is 0.197. The van der Waals surface area contributed by atoms with E-state index < -0.39 is 6.10 Å². The molecule has 2 unspecified atom stereocenters. The van der Waals surface area contributed by atoms with Gasteiger partial charge in [-0.1, -0.05) is 13.0 Å². The van der Waals surface area contributed by atoms with Crippen LogP contribution in [0.15, 0.2) is 18.2 Å². The van der Waals surface area contributed by atoms with E-state index in [2.05, 4.69) is 11.8 Å². The molecule has 1 aliphatic heterocycles. The molecule has 2 atom stereocenters. The predicted octanol–water partition coefficient (Wildman–Crippen LogP) is 3.21. The molecule has 1 fully saturated rings. The number of nitrogens with zero attached hydrogens (tertiary/aromatic N) is 1. The number of aromatic hydroxyl groups is 1. The molecule has 0 aromatic heterocycles. The highest BCUT2D eigenvalue weighted by atomic mass is 16.3.